The van der Waals surface area contributed by atoms with Gasteiger partial charge in [-0.15, -0.1) is 0 Å². The Bertz CT molecular complexity index is 1880. The van der Waals surface area contributed by atoms with Crippen LogP contribution in [-0.4, -0.2) is 29.6 Å². The van der Waals surface area contributed by atoms with Crippen molar-refractivity contribution in [2.75, 3.05) is 11.1 Å². The van der Waals surface area contributed by atoms with E-state index in [1.807, 2.05) is 0 Å². The van der Waals surface area contributed by atoms with E-state index >= 15 is 0 Å². The molecule has 1 heterocycles. The molecule has 5 aromatic rings. The molecule has 0 saturated carbocycles. The molecular weight excluding hydrogens is 582 g/mol. The smallest absolute Gasteiger partial charge is 0.326 e. The lowest BCUT2D eigenvalue weighted by molar-refractivity contribution is -0.137. The fraction of sp³-hybridized carbons (Fsp3) is 0.188. The number of hydrogen-bond acceptors (Lipinski definition) is 4. The van der Waals surface area contributed by atoms with Crippen LogP contribution in [0.5, 0.6) is 0 Å². The van der Waals surface area contributed by atoms with Gasteiger partial charge in [-0.3, -0.25) is 4.79 Å². The van der Waals surface area contributed by atoms with Gasteiger partial charge in [0.15, 0.2) is 9.84 Å². The van der Waals surface area contributed by atoms with Gasteiger partial charge in [0.05, 0.1) is 39.7 Å². The fourth-order valence-electron chi connectivity index (χ4n) is 4.83. The third kappa shape index (κ3) is 6.46. The van der Waals surface area contributed by atoms with Crippen LogP contribution in [-0.2, 0) is 27.2 Å². The Morgan fingerprint density at radius 2 is 1.58 bits per heavy atom. The van der Waals surface area contributed by atoms with Crippen molar-refractivity contribution >= 4 is 32.5 Å². The number of nitrogens with one attached hydrogen (secondary N) is 1. The van der Waals surface area contributed by atoms with Gasteiger partial charge in [-0.25, -0.2) is 17.8 Å². The number of sulfone groups is 1. The first-order valence-corrected chi connectivity index (χ1v) is 15.1. The quantitative estimate of drug-likeness (QED) is 0.185. The largest absolute Gasteiger partial charge is 0.416 e. The van der Waals surface area contributed by atoms with Crippen LogP contribution in [0.3, 0.4) is 0 Å². The molecule has 0 aliphatic carbocycles. The molecule has 0 aliphatic rings. The molecule has 1 N–H and O–H groups in total. The number of benzene rings is 4. The van der Waals surface area contributed by atoms with Crippen LogP contribution in [0.1, 0.15) is 36.6 Å². The number of amides is 1. The van der Waals surface area contributed by atoms with Crippen molar-refractivity contribution in [3.8, 4) is 11.4 Å². The van der Waals surface area contributed by atoms with Crippen LogP contribution in [0.25, 0.3) is 22.4 Å². The third-order valence-electron chi connectivity index (χ3n) is 7.21. The summed E-state index contributed by atoms with van der Waals surface area (Å²) >= 11 is 0. The molecule has 0 saturated heterocycles. The molecule has 0 unspecified atom stereocenters. The highest BCUT2D eigenvalue weighted by molar-refractivity contribution is 7.91. The molecule has 6 nitrogen and oxygen atoms in total. The van der Waals surface area contributed by atoms with Crippen LogP contribution in [0, 0.1) is 5.82 Å². The number of alkyl halides is 3. The minimum Gasteiger partial charge on any atom is -0.326 e. The highest BCUT2D eigenvalue weighted by Gasteiger charge is 2.31. The lowest BCUT2D eigenvalue weighted by atomic mass is 10.1. The standard InChI is InChI=1S/C32H27F4N3O3S/c1-3-43(41,42)27-15-4-21(5-16-27)18-30(40)37-26-13-8-23(9-14-26)31-38-28-17-10-24(32(34,35)36)19-29(28)39(31)20(2)22-6-11-25(33)12-7-22/h4-17,19-20H,3,18H2,1-2H3,(H,37,40)/t20-/m0/s1. The van der Waals surface area contributed by atoms with E-state index in [1.165, 1.54) is 30.3 Å². The third-order valence-corrected chi connectivity index (χ3v) is 8.96. The minimum atomic E-state index is -4.54. The second-order valence-electron chi connectivity index (χ2n) is 10.1. The Kier molecular flexibility index (Phi) is 8.11. The molecule has 1 aromatic heterocycles. The van der Waals surface area contributed by atoms with Gasteiger partial charge in [-0.2, -0.15) is 13.2 Å². The zero-order valence-electron chi connectivity index (χ0n) is 23.2. The maximum Gasteiger partial charge on any atom is 0.416 e. The number of hydrogen-bond donors (Lipinski definition) is 1. The molecule has 222 valence electrons. The first kappa shape index (κ1) is 30.0. The predicted octanol–water partition coefficient (Wildman–Crippen LogP) is 7.45. The van der Waals surface area contributed by atoms with Crippen LogP contribution >= 0.6 is 0 Å². The fourth-order valence-corrected chi connectivity index (χ4v) is 5.71. The SMILES string of the molecule is CCS(=O)(=O)c1ccc(CC(=O)Nc2ccc(-c3nc4ccc(C(F)(F)F)cc4n3[C@@H](C)c3ccc(F)cc3)cc2)cc1. The highest BCUT2D eigenvalue weighted by atomic mass is 32.2. The van der Waals surface area contributed by atoms with E-state index in [0.29, 0.717) is 33.7 Å². The molecule has 1 atom stereocenters. The van der Waals surface area contributed by atoms with E-state index in [4.69, 9.17) is 0 Å². The summed E-state index contributed by atoms with van der Waals surface area (Å²) in [7, 11) is -3.34. The van der Waals surface area contributed by atoms with E-state index in [-0.39, 0.29) is 28.5 Å². The summed E-state index contributed by atoms with van der Waals surface area (Å²) in [6.45, 7) is 3.37. The van der Waals surface area contributed by atoms with Gasteiger partial charge in [0.1, 0.15) is 11.6 Å². The number of halogens is 4. The van der Waals surface area contributed by atoms with E-state index in [9.17, 15) is 30.8 Å². The zero-order chi connectivity index (χ0) is 30.9. The number of carbonyl (C=O) groups excluding carboxylic acids is 1. The molecule has 5 rings (SSSR count). The van der Waals surface area contributed by atoms with Gasteiger partial charge < -0.3 is 9.88 Å². The molecule has 0 bridgehead atoms. The summed E-state index contributed by atoms with van der Waals surface area (Å²) in [4.78, 5) is 17.5. The molecule has 4 aromatic carbocycles. The summed E-state index contributed by atoms with van der Waals surface area (Å²) in [6.07, 6.45) is -4.52. The Morgan fingerprint density at radius 3 is 2.19 bits per heavy atom. The van der Waals surface area contributed by atoms with Gasteiger partial charge >= 0.3 is 6.18 Å². The van der Waals surface area contributed by atoms with E-state index in [2.05, 4.69) is 10.3 Å². The molecule has 11 heteroatoms. The number of imidazole rings is 1. The summed E-state index contributed by atoms with van der Waals surface area (Å²) in [5, 5.41) is 2.80. The van der Waals surface area contributed by atoms with Crippen molar-refractivity contribution in [3.63, 3.8) is 0 Å². The van der Waals surface area contributed by atoms with E-state index in [0.717, 1.165) is 12.1 Å². The Hall–Kier alpha value is -4.51. The molecule has 0 radical (unpaired) electrons. The zero-order valence-corrected chi connectivity index (χ0v) is 24.0. The summed E-state index contributed by atoms with van der Waals surface area (Å²) < 4.78 is 80.1. The van der Waals surface area contributed by atoms with E-state index in [1.54, 1.807) is 66.9 Å². The normalized spacial score (nSPS) is 12.8. The van der Waals surface area contributed by atoms with Crippen molar-refractivity contribution in [2.24, 2.45) is 0 Å². The van der Waals surface area contributed by atoms with Crippen molar-refractivity contribution < 1.29 is 30.8 Å². The number of fused-ring (bicyclic) bond motifs is 1. The Morgan fingerprint density at radius 1 is 0.930 bits per heavy atom. The van der Waals surface area contributed by atoms with Crippen LogP contribution < -0.4 is 5.32 Å². The molecule has 0 aliphatic heterocycles. The number of rotatable bonds is 8. The summed E-state index contributed by atoms with van der Waals surface area (Å²) in [5.74, 6) is -0.342. The average Bonchev–Trinajstić information content (AvgIpc) is 3.36. The lowest BCUT2D eigenvalue weighted by Crippen LogP contribution is -2.14. The first-order chi connectivity index (χ1) is 20.4. The van der Waals surface area contributed by atoms with Crippen molar-refractivity contribution in [2.45, 2.75) is 37.4 Å². The highest BCUT2D eigenvalue weighted by Crippen LogP contribution is 2.36. The van der Waals surface area contributed by atoms with Crippen LogP contribution in [0.2, 0.25) is 0 Å². The Balaban J connectivity index is 1.42. The molecule has 0 fully saturated rings. The van der Waals surface area contributed by atoms with Gasteiger partial charge in [-0.05, 0) is 84.8 Å². The van der Waals surface area contributed by atoms with Crippen molar-refractivity contribution in [3.05, 3.63) is 114 Å². The van der Waals surface area contributed by atoms with Gasteiger partial charge in [0.2, 0.25) is 5.91 Å². The molecule has 1 amide bonds. The molecule has 43 heavy (non-hydrogen) atoms. The van der Waals surface area contributed by atoms with Crippen LogP contribution in [0.4, 0.5) is 23.2 Å². The second kappa shape index (κ2) is 11.6. The number of aromatic nitrogens is 2. The second-order valence-corrected chi connectivity index (χ2v) is 12.4. The number of anilines is 1. The van der Waals surface area contributed by atoms with E-state index < -0.39 is 33.4 Å². The number of carbonyl (C=O) groups is 1. The van der Waals surface area contributed by atoms with Gasteiger partial charge in [0.25, 0.3) is 0 Å². The number of nitrogens with zero attached hydrogens (tertiary/aromatic N) is 2. The van der Waals surface area contributed by atoms with Gasteiger partial charge in [-0.1, -0.05) is 31.2 Å². The maximum absolute atomic E-state index is 13.6. The predicted molar refractivity (Wildman–Crippen MR) is 157 cm³/mol. The minimum absolute atomic E-state index is 0.0150. The van der Waals surface area contributed by atoms with Crippen molar-refractivity contribution in [1.82, 2.24) is 9.55 Å². The monoisotopic (exact) mass is 609 g/mol. The summed E-state index contributed by atoms with van der Waals surface area (Å²) in [5.41, 5.74) is 2.26. The maximum atomic E-state index is 13.6. The van der Waals surface area contributed by atoms with Gasteiger partial charge in [0, 0.05) is 11.3 Å². The average molecular weight is 610 g/mol. The topological polar surface area (TPSA) is 81.1 Å². The summed E-state index contributed by atoms with van der Waals surface area (Å²) in [6, 6.07) is 21.5. The lowest BCUT2D eigenvalue weighted by Gasteiger charge is -2.19. The Labute approximate surface area is 245 Å². The van der Waals surface area contributed by atoms with Crippen LogP contribution in [0.15, 0.2) is 95.9 Å². The van der Waals surface area contributed by atoms with Crippen molar-refractivity contribution in [1.29, 1.82) is 0 Å². The molecule has 0 spiro atoms. The molecular formula is C32H27F4N3O3S. The first-order valence-electron chi connectivity index (χ1n) is 13.4.